The maximum Gasteiger partial charge on any atom is 0.153 e. The van der Waals surface area contributed by atoms with Gasteiger partial charge < -0.3 is 5.73 Å². The Bertz CT molecular complexity index is 507. The molecule has 0 aliphatic carbocycles. The van der Waals surface area contributed by atoms with Crippen LogP contribution in [0.3, 0.4) is 0 Å². The van der Waals surface area contributed by atoms with Gasteiger partial charge in [-0.15, -0.1) is 0 Å². The number of nitrogens with two attached hydrogens (primary N) is 1. The van der Waals surface area contributed by atoms with Gasteiger partial charge in [-0.25, -0.2) is 4.98 Å². The molecule has 0 spiro atoms. The van der Waals surface area contributed by atoms with Gasteiger partial charge in [-0.2, -0.15) is 5.10 Å². The minimum Gasteiger partial charge on any atom is -0.318 e. The number of hydrogen-bond donors (Lipinski definition) is 2. The van der Waals surface area contributed by atoms with Gasteiger partial charge in [0.15, 0.2) is 5.82 Å². The molecule has 0 saturated heterocycles. The average molecular weight is 251 g/mol. The summed E-state index contributed by atoms with van der Waals surface area (Å²) in [5.74, 6) is 1.68. The number of hydrogen-bond acceptors (Lipinski definition) is 3. The fourth-order valence-corrected chi connectivity index (χ4v) is 1.81. The van der Waals surface area contributed by atoms with Crippen molar-refractivity contribution in [3.8, 4) is 0 Å². The van der Waals surface area contributed by atoms with Gasteiger partial charge in [0.25, 0.3) is 0 Å². The molecule has 1 aromatic carbocycles. The number of nitrogens with zero attached hydrogens (tertiary/aromatic N) is 2. The van der Waals surface area contributed by atoms with Gasteiger partial charge in [0.2, 0.25) is 0 Å². The summed E-state index contributed by atoms with van der Waals surface area (Å²) in [7, 11) is 0. The van der Waals surface area contributed by atoms with E-state index in [0.29, 0.717) is 10.8 Å². The Balaban J connectivity index is 2.31. The summed E-state index contributed by atoms with van der Waals surface area (Å²) >= 11 is 6.10. The van der Waals surface area contributed by atoms with Crippen molar-refractivity contribution in [3.05, 3.63) is 46.5 Å². The first-order chi connectivity index (χ1) is 8.09. The quantitative estimate of drug-likeness (QED) is 0.880. The molecule has 3 N–H and O–H groups in total. The van der Waals surface area contributed by atoms with Crippen molar-refractivity contribution < 1.29 is 0 Å². The fraction of sp³-hybridized carbons (Fsp3) is 0.333. The van der Waals surface area contributed by atoms with Crippen LogP contribution >= 0.6 is 11.6 Å². The molecule has 0 aliphatic heterocycles. The van der Waals surface area contributed by atoms with E-state index in [0.717, 1.165) is 11.4 Å². The van der Waals surface area contributed by atoms with Crippen LogP contribution in [-0.4, -0.2) is 15.2 Å². The number of nitrogens with one attached hydrogen (secondary N) is 1. The SMILES string of the molecule is CC(C)c1n[nH]c([C@H](N)c2ccccc2Cl)n1. The van der Waals surface area contributed by atoms with Gasteiger partial charge in [0, 0.05) is 10.9 Å². The minimum atomic E-state index is -0.372. The van der Waals surface area contributed by atoms with Crippen LogP contribution in [0.1, 0.15) is 43.0 Å². The maximum atomic E-state index is 6.11. The van der Waals surface area contributed by atoms with Gasteiger partial charge in [-0.3, -0.25) is 5.10 Å². The molecule has 0 unspecified atom stereocenters. The molecular formula is C12H15ClN4. The van der Waals surface area contributed by atoms with Crippen molar-refractivity contribution in [1.82, 2.24) is 15.2 Å². The van der Waals surface area contributed by atoms with Crippen molar-refractivity contribution in [2.24, 2.45) is 5.73 Å². The van der Waals surface area contributed by atoms with Crippen LogP contribution < -0.4 is 5.73 Å². The first-order valence-electron chi connectivity index (χ1n) is 5.51. The Morgan fingerprint density at radius 1 is 1.29 bits per heavy atom. The van der Waals surface area contributed by atoms with E-state index in [9.17, 15) is 0 Å². The summed E-state index contributed by atoms with van der Waals surface area (Å²) in [6.45, 7) is 4.07. The topological polar surface area (TPSA) is 67.6 Å². The predicted molar refractivity (Wildman–Crippen MR) is 68.0 cm³/mol. The van der Waals surface area contributed by atoms with E-state index in [2.05, 4.69) is 15.2 Å². The van der Waals surface area contributed by atoms with Crippen molar-refractivity contribution in [2.75, 3.05) is 0 Å². The van der Waals surface area contributed by atoms with Crippen LogP contribution in [0.5, 0.6) is 0 Å². The number of H-pyrrole nitrogens is 1. The van der Waals surface area contributed by atoms with Gasteiger partial charge >= 0.3 is 0 Å². The minimum absolute atomic E-state index is 0.276. The van der Waals surface area contributed by atoms with E-state index in [1.54, 1.807) is 0 Å². The lowest BCUT2D eigenvalue weighted by molar-refractivity contribution is 0.773. The zero-order valence-electron chi connectivity index (χ0n) is 9.81. The Morgan fingerprint density at radius 3 is 2.59 bits per heavy atom. The maximum absolute atomic E-state index is 6.11. The molecule has 90 valence electrons. The molecule has 17 heavy (non-hydrogen) atoms. The lowest BCUT2D eigenvalue weighted by atomic mass is 10.1. The van der Waals surface area contributed by atoms with Crippen molar-refractivity contribution >= 4 is 11.6 Å². The van der Waals surface area contributed by atoms with Crippen LogP contribution in [0.15, 0.2) is 24.3 Å². The van der Waals surface area contributed by atoms with Crippen LogP contribution in [0.2, 0.25) is 5.02 Å². The van der Waals surface area contributed by atoms with Crippen LogP contribution in [0.4, 0.5) is 0 Å². The molecule has 1 aromatic heterocycles. The number of aromatic nitrogens is 3. The van der Waals surface area contributed by atoms with Gasteiger partial charge in [0.1, 0.15) is 5.82 Å². The Labute approximate surface area is 105 Å². The number of rotatable bonds is 3. The van der Waals surface area contributed by atoms with Crippen LogP contribution in [0.25, 0.3) is 0 Å². The molecule has 1 atom stereocenters. The third-order valence-corrected chi connectivity index (χ3v) is 2.92. The second-order valence-electron chi connectivity index (χ2n) is 4.23. The van der Waals surface area contributed by atoms with Crippen LogP contribution in [0, 0.1) is 0 Å². The molecule has 4 nitrogen and oxygen atoms in total. The summed E-state index contributed by atoms with van der Waals surface area (Å²) in [6, 6.07) is 7.11. The number of halogens is 1. The predicted octanol–water partition coefficient (Wildman–Crippen LogP) is 2.63. The highest BCUT2D eigenvalue weighted by atomic mass is 35.5. The number of aromatic amines is 1. The van der Waals surface area contributed by atoms with E-state index >= 15 is 0 Å². The highest BCUT2D eigenvalue weighted by Crippen LogP contribution is 2.24. The summed E-state index contributed by atoms with van der Waals surface area (Å²) in [4.78, 5) is 4.38. The van der Waals surface area contributed by atoms with E-state index in [-0.39, 0.29) is 12.0 Å². The average Bonchev–Trinajstić information content (AvgIpc) is 2.78. The molecule has 0 aliphatic rings. The molecule has 0 radical (unpaired) electrons. The summed E-state index contributed by atoms with van der Waals surface area (Å²) in [6.07, 6.45) is 0. The lowest BCUT2D eigenvalue weighted by Crippen LogP contribution is -2.14. The third-order valence-electron chi connectivity index (χ3n) is 2.57. The number of benzene rings is 1. The molecule has 5 heteroatoms. The van der Waals surface area contributed by atoms with E-state index in [1.807, 2.05) is 38.1 Å². The Hall–Kier alpha value is -1.39. The third kappa shape index (κ3) is 2.48. The molecule has 0 fully saturated rings. The summed E-state index contributed by atoms with van der Waals surface area (Å²) < 4.78 is 0. The molecule has 2 aromatic rings. The molecule has 0 amide bonds. The standard InChI is InChI=1S/C12H15ClN4/c1-7(2)11-15-12(17-16-11)10(14)8-5-3-4-6-9(8)13/h3-7,10H,14H2,1-2H3,(H,15,16,17)/t10-/m1/s1. The van der Waals surface area contributed by atoms with E-state index in [4.69, 9.17) is 17.3 Å². The fourth-order valence-electron chi connectivity index (χ4n) is 1.56. The Kier molecular flexibility index (Phi) is 3.45. The van der Waals surface area contributed by atoms with E-state index in [1.165, 1.54) is 0 Å². The zero-order chi connectivity index (χ0) is 12.4. The highest BCUT2D eigenvalue weighted by molar-refractivity contribution is 6.31. The van der Waals surface area contributed by atoms with Gasteiger partial charge in [-0.05, 0) is 11.6 Å². The zero-order valence-corrected chi connectivity index (χ0v) is 10.6. The molecule has 0 saturated carbocycles. The Morgan fingerprint density at radius 2 is 2.00 bits per heavy atom. The molecule has 0 bridgehead atoms. The van der Waals surface area contributed by atoms with Crippen LogP contribution in [-0.2, 0) is 0 Å². The van der Waals surface area contributed by atoms with Crippen molar-refractivity contribution in [2.45, 2.75) is 25.8 Å². The van der Waals surface area contributed by atoms with Gasteiger partial charge in [0.05, 0.1) is 6.04 Å². The molecular weight excluding hydrogens is 236 g/mol. The molecule has 1 heterocycles. The van der Waals surface area contributed by atoms with Crippen molar-refractivity contribution in [3.63, 3.8) is 0 Å². The lowest BCUT2D eigenvalue weighted by Gasteiger charge is -2.10. The first-order valence-corrected chi connectivity index (χ1v) is 5.89. The smallest absolute Gasteiger partial charge is 0.153 e. The summed E-state index contributed by atoms with van der Waals surface area (Å²) in [5.41, 5.74) is 6.96. The second-order valence-corrected chi connectivity index (χ2v) is 4.64. The van der Waals surface area contributed by atoms with E-state index < -0.39 is 0 Å². The largest absolute Gasteiger partial charge is 0.318 e. The van der Waals surface area contributed by atoms with Crippen molar-refractivity contribution in [1.29, 1.82) is 0 Å². The second kappa shape index (κ2) is 4.85. The van der Waals surface area contributed by atoms with Gasteiger partial charge in [-0.1, -0.05) is 43.6 Å². The highest BCUT2D eigenvalue weighted by Gasteiger charge is 2.17. The normalized spacial score (nSPS) is 13.0. The molecule has 2 rings (SSSR count). The summed E-state index contributed by atoms with van der Waals surface area (Å²) in [5, 5.41) is 7.64. The first kappa shape index (κ1) is 12.1. The monoisotopic (exact) mass is 250 g/mol.